The lowest BCUT2D eigenvalue weighted by atomic mass is 10.3. The first-order chi connectivity index (χ1) is 10.2. The van der Waals surface area contributed by atoms with E-state index in [-0.39, 0.29) is 5.56 Å². The molecule has 0 bridgehead atoms. The molecule has 0 unspecified atom stereocenters. The van der Waals surface area contributed by atoms with Crippen LogP contribution in [0.15, 0.2) is 52.8 Å². The van der Waals surface area contributed by atoms with Crippen molar-refractivity contribution < 1.29 is 4.74 Å². The molecule has 0 radical (unpaired) electrons. The van der Waals surface area contributed by atoms with Crippen LogP contribution in [0.1, 0.15) is 6.42 Å². The quantitative estimate of drug-likeness (QED) is 0.582. The molecular weight excluding hydrogens is 284 g/mol. The predicted molar refractivity (Wildman–Crippen MR) is 87.1 cm³/mol. The lowest BCUT2D eigenvalue weighted by molar-refractivity contribution is 0.301. The van der Waals surface area contributed by atoms with E-state index in [0.29, 0.717) is 18.8 Å². The van der Waals surface area contributed by atoms with E-state index in [1.54, 1.807) is 22.0 Å². The fraction of sp³-hybridized carbons (Fsp3) is 0.188. The molecule has 1 aromatic carbocycles. The molecule has 108 valence electrons. The van der Waals surface area contributed by atoms with Crippen LogP contribution in [0.25, 0.3) is 10.1 Å². The molecule has 0 aliphatic heterocycles. The normalized spacial score (nSPS) is 10.9. The molecule has 0 amide bonds. The van der Waals surface area contributed by atoms with Gasteiger partial charge in [0.05, 0.1) is 12.0 Å². The summed E-state index contributed by atoms with van der Waals surface area (Å²) in [4.78, 5) is 12.2. The van der Waals surface area contributed by atoms with Crippen LogP contribution < -0.4 is 16.0 Å². The molecular formula is C16H16N2O2S. The number of ether oxygens (including phenoxy) is 1. The Labute approximate surface area is 126 Å². The Bertz CT molecular complexity index is 807. The number of pyridine rings is 1. The molecule has 0 aliphatic carbocycles. The molecule has 2 aromatic heterocycles. The number of nitrogen functional groups attached to an aromatic ring is 1. The minimum atomic E-state index is 0.0673. The van der Waals surface area contributed by atoms with Crippen LogP contribution >= 0.6 is 11.3 Å². The molecule has 3 rings (SSSR count). The molecule has 0 fully saturated rings. The third-order valence-corrected chi connectivity index (χ3v) is 4.14. The van der Waals surface area contributed by atoms with E-state index in [0.717, 1.165) is 22.3 Å². The average molecular weight is 300 g/mol. The fourth-order valence-corrected chi connectivity index (χ4v) is 2.98. The van der Waals surface area contributed by atoms with Crippen LogP contribution in [-0.4, -0.2) is 11.2 Å². The third kappa shape index (κ3) is 3.08. The molecule has 2 N–H and O–H groups in total. The molecule has 3 aromatic rings. The van der Waals surface area contributed by atoms with Crippen molar-refractivity contribution >= 4 is 27.1 Å². The first kappa shape index (κ1) is 13.7. The highest BCUT2D eigenvalue weighted by Crippen LogP contribution is 2.17. The van der Waals surface area contributed by atoms with Gasteiger partial charge in [-0.2, -0.15) is 0 Å². The van der Waals surface area contributed by atoms with Gasteiger partial charge in [0.25, 0.3) is 5.56 Å². The zero-order valence-electron chi connectivity index (χ0n) is 11.5. The van der Waals surface area contributed by atoms with Crippen LogP contribution in [0, 0.1) is 0 Å². The summed E-state index contributed by atoms with van der Waals surface area (Å²) in [6.45, 7) is 1.20. The summed E-state index contributed by atoms with van der Waals surface area (Å²) in [5.74, 6) is 0.760. The monoisotopic (exact) mass is 300 g/mol. The van der Waals surface area contributed by atoms with Gasteiger partial charge in [0.1, 0.15) is 5.75 Å². The first-order valence-corrected chi connectivity index (χ1v) is 7.67. The summed E-state index contributed by atoms with van der Waals surface area (Å²) >= 11 is 1.59. The number of aryl methyl sites for hydroxylation is 1. The predicted octanol–water partition coefficient (Wildman–Crippen LogP) is 3.11. The Morgan fingerprint density at radius 1 is 1.24 bits per heavy atom. The number of aromatic nitrogens is 1. The molecule has 0 saturated carbocycles. The van der Waals surface area contributed by atoms with Crippen molar-refractivity contribution in [3.8, 4) is 5.75 Å². The van der Waals surface area contributed by atoms with Gasteiger partial charge >= 0.3 is 0 Å². The second kappa shape index (κ2) is 6.01. The topological polar surface area (TPSA) is 57.2 Å². The summed E-state index contributed by atoms with van der Waals surface area (Å²) in [5, 5.41) is 2.73. The van der Waals surface area contributed by atoms with E-state index in [4.69, 9.17) is 10.5 Å². The number of hydrogen-bond donors (Lipinski definition) is 1. The van der Waals surface area contributed by atoms with Gasteiger partial charge in [-0.05, 0) is 36.1 Å². The van der Waals surface area contributed by atoms with E-state index >= 15 is 0 Å². The molecule has 5 heteroatoms. The van der Waals surface area contributed by atoms with Gasteiger partial charge in [-0.25, -0.2) is 0 Å². The fourth-order valence-electron chi connectivity index (χ4n) is 2.21. The lowest BCUT2D eigenvalue weighted by Crippen LogP contribution is -2.19. The van der Waals surface area contributed by atoms with E-state index < -0.39 is 0 Å². The summed E-state index contributed by atoms with van der Waals surface area (Å²) in [5.41, 5.74) is 6.45. The van der Waals surface area contributed by atoms with Crippen molar-refractivity contribution in [2.75, 3.05) is 12.3 Å². The maximum absolute atomic E-state index is 12.2. The Balaban J connectivity index is 1.59. The van der Waals surface area contributed by atoms with Gasteiger partial charge in [0.2, 0.25) is 0 Å². The Hall–Kier alpha value is -2.27. The minimum absolute atomic E-state index is 0.0673. The van der Waals surface area contributed by atoms with Gasteiger partial charge in [-0.15, -0.1) is 11.3 Å². The van der Waals surface area contributed by atoms with Gasteiger partial charge in [0.15, 0.2) is 0 Å². The highest BCUT2D eigenvalue weighted by molar-refractivity contribution is 7.17. The van der Waals surface area contributed by atoms with Crippen molar-refractivity contribution in [2.45, 2.75) is 13.0 Å². The standard InChI is InChI=1S/C16H16N2O2S/c17-12-3-1-4-13(11-12)20-9-2-7-18-8-5-15-14(16(18)19)6-10-21-15/h1,3-6,8,10-11H,2,7,9,17H2. The molecule has 0 saturated heterocycles. The summed E-state index contributed by atoms with van der Waals surface area (Å²) in [6.07, 6.45) is 2.62. The Morgan fingerprint density at radius 3 is 3.00 bits per heavy atom. The van der Waals surface area contributed by atoms with Crippen LogP contribution in [-0.2, 0) is 6.54 Å². The lowest BCUT2D eigenvalue weighted by Gasteiger charge is -2.08. The van der Waals surface area contributed by atoms with Gasteiger partial charge in [-0.1, -0.05) is 6.07 Å². The van der Waals surface area contributed by atoms with Crippen molar-refractivity contribution in [2.24, 2.45) is 0 Å². The second-order valence-corrected chi connectivity index (χ2v) is 5.74. The summed E-state index contributed by atoms with van der Waals surface area (Å²) in [6, 6.07) is 11.2. The van der Waals surface area contributed by atoms with E-state index in [2.05, 4.69) is 0 Å². The molecule has 4 nitrogen and oxygen atoms in total. The van der Waals surface area contributed by atoms with Crippen molar-refractivity contribution in [3.05, 3.63) is 58.3 Å². The zero-order chi connectivity index (χ0) is 14.7. The number of hydrogen-bond acceptors (Lipinski definition) is 4. The molecule has 0 atom stereocenters. The van der Waals surface area contributed by atoms with Crippen LogP contribution in [0.4, 0.5) is 5.69 Å². The number of nitrogens with two attached hydrogens (primary N) is 1. The maximum Gasteiger partial charge on any atom is 0.259 e. The summed E-state index contributed by atoms with van der Waals surface area (Å²) in [7, 11) is 0. The minimum Gasteiger partial charge on any atom is -0.493 e. The number of rotatable bonds is 5. The molecule has 21 heavy (non-hydrogen) atoms. The average Bonchev–Trinajstić information content (AvgIpc) is 2.95. The Morgan fingerprint density at radius 2 is 2.14 bits per heavy atom. The number of anilines is 1. The van der Waals surface area contributed by atoms with Gasteiger partial charge in [0, 0.05) is 29.2 Å². The Kier molecular flexibility index (Phi) is 3.92. The van der Waals surface area contributed by atoms with Gasteiger partial charge < -0.3 is 15.0 Å². The van der Waals surface area contributed by atoms with Crippen molar-refractivity contribution in [3.63, 3.8) is 0 Å². The molecule has 0 spiro atoms. The zero-order valence-corrected chi connectivity index (χ0v) is 12.3. The van der Waals surface area contributed by atoms with Crippen LogP contribution in [0.2, 0.25) is 0 Å². The van der Waals surface area contributed by atoms with Crippen LogP contribution in [0.5, 0.6) is 5.75 Å². The third-order valence-electron chi connectivity index (χ3n) is 3.26. The number of thiophene rings is 1. The van der Waals surface area contributed by atoms with Crippen molar-refractivity contribution in [1.29, 1.82) is 0 Å². The van der Waals surface area contributed by atoms with E-state index in [9.17, 15) is 4.79 Å². The van der Waals surface area contributed by atoms with E-state index in [1.807, 2.05) is 41.9 Å². The van der Waals surface area contributed by atoms with Gasteiger partial charge in [-0.3, -0.25) is 4.79 Å². The molecule has 0 aliphatic rings. The maximum atomic E-state index is 12.2. The second-order valence-electron chi connectivity index (χ2n) is 4.79. The highest BCUT2D eigenvalue weighted by Gasteiger charge is 2.03. The number of fused-ring (bicyclic) bond motifs is 1. The smallest absolute Gasteiger partial charge is 0.259 e. The SMILES string of the molecule is Nc1cccc(OCCCn2ccc3sccc3c2=O)c1. The van der Waals surface area contributed by atoms with Crippen molar-refractivity contribution in [1.82, 2.24) is 4.57 Å². The largest absolute Gasteiger partial charge is 0.493 e. The van der Waals surface area contributed by atoms with E-state index in [1.165, 1.54) is 0 Å². The van der Waals surface area contributed by atoms with Crippen LogP contribution in [0.3, 0.4) is 0 Å². The highest BCUT2D eigenvalue weighted by atomic mass is 32.1. The first-order valence-electron chi connectivity index (χ1n) is 6.79. The summed E-state index contributed by atoms with van der Waals surface area (Å²) < 4.78 is 8.40. The number of benzene rings is 1. The number of nitrogens with zero attached hydrogens (tertiary/aromatic N) is 1. The molecule has 2 heterocycles.